The summed E-state index contributed by atoms with van der Waals surface area (Å²) in [5.41, 5.74) is 3.12. The first-order valence-corrected chi connectivity index (χ1v) is 10.8. The molecule has 0 atom stereocenters. The lowest BCUT2D eigenvalue weighted by molar-refractivity contribution is -0.111. The lowest BCUT2D eigenvalue weighted by Gasteiger charge is -2.13. The number of amides is 2. The molecule has 0 bridgehead atoms. The van der Waals surface area contributed by atoms with E-state index in [1.807, 2.05) is 73.7 Å². The van der Waals surface area contributed by atoms with Crippen LogP contribution in [0.15, 0.2) is 84.9 Å². The summed E-state index contributed by atoms with van der Waals surface area (Å²) >= 11 is 0. The highest BCUT2D eigenvalue weighted by Crippen LogP contribution is 2.22. The second kappa shape index (κ2) is 12.2. The van der Waals surface area contributed by atoms with E-state index in [1.165, 1.54) is 0 Å². The summed E-state index contributed by atoms with van der Waals surface area (Å²) < 4.78 is 5.30. The summed E-state index contributed by atoms with van der Waals surface area (Å²) in [7, 11) is 0. The number of carbonyl (C=O) groups is 2. The maximum absolute atomic E-state index is 13.3. The van der Waals surface area contributed by atoms with Crippen molar-refractivity contribution in [2.45, 2.75) is 13.3 Å². The molecule has 0 aliphatic rings. The maximum Gasteiger partial charge on any atom is 0.256 e. The van der Waals surface area contributed by atoms with Crippen LogP contribution in [0.5, 0.6) is 0 Å². The number of carbonyl (C=O) groups excluding carboxylic acids is 2. The number of nitrogens with one attached hydrogen (secondary N) is 2. The number of hydrogen-bond donors (Lipinski definition) is 2. The number of benzene rings is 3. The molecular weight excluding hydrogens is 400 g/mol. The summed E-state index contributed by atoms with van der Waals surface area (Å²) in [6, 6.07) is 26.2. The van der Waals surface area contributed by atoms with Crippen LogP contribution < -0.4 is 10.6 Å². The van der Waals surface area contributed by atoms with E-state index in [9.17, 15) is 9.59 Å². The molecule has 164 valence electrons. The van der Waals surface area contributed by atoms with Crippen LogP contribution in [0.1, 0.15) is 34.8 Å². The van der Waals surface area contributed by atoms with E-state index in [2.05, 4.69) is 10.6 Å². The van der Waals surface area contributed by atoms with Gasteiger partial charge in [-0.1, -0.05) is 72.8 Å². The largest absolute Gasteiger partial charge is 0.382 e. The van der Waals surface area contributed by atoms with E-state index in [1.54, 1.807) is 24.3 Å². The zero-order chi connectivity index (χ0) is 22.6. The van der Waals surface area contributed by atoms with Gasteiger partial charge in [-0.15, -0.1) is 0 Å². The van der Waals surface area contributed by atoms with Gasteiger partial charge in [0, 0.05) is 25.3 Å². The molecule has 0 saturated carbocycles. The Kier molecular flexibility index (Phi) is 8.78. The number of rotatable bonds is 10. The Hall–Kier alpha value is -3.70. The summed E-state index contributed by atoms with van der Waals surface area (Å²) in [4.78, 5) is 26.0. The van der Waals surface area contributed by atoms with Gasteiger partial charge in [-0.05, 0) is 42.7 Å². The quantitative estimate of drug-likeness (QED) is 0.271. The minimum absolute atomic E-state index is 0.231. The van der Waals surface area contributed by atoms with Crippen LogP contribution in [0.4, 0.5) is 5.69 Å². The Morgan fingerprint density at radius 1 is 0.875 bits per heavy atom. The van der Waals surface area contributed by atoms with Gasteiger partial charge < -0.3 is 15.4 Å². The fourth-order valence-corrected chi connectivity index (χ4v) is 3.21. The molecular formula is C27H28N2O3. The number of anilines is 1. The first kappa shape index (κ1) is 23.0. The van der Waals surface area contributed by atoms with Gasteiger partial charge >= 0.3 is 0 Å². The fraction of sp³-hybridized carbons (Fsp3) is 0.185. The molecule has 0 heterocycles. The summed E-state index contributed by atoms with van der Waals surface area (Å²) in [6.45, 7) is 3.70. The SMILES string of the molecule is CCOCCCNC(=O)c1ccccc1NC(=O)/C(=C/c1ccccc1)c1ccccc1. The van der Waals surface area contributed by atoms with Crippen LogP contribution in [-0.2, 0) is 9.53 Å². The minimum Gasteiger partial charge on any atom is -0.382 e. The van der Waals surface area contributed by atoms with Crippen molar-refractivity contribution >= 4 is 29.2 Å². The van der Waals surface area contributed by atoms with E-state index in [0.717, 1.165) is 17.5 Å². The molecule has 0 saturated heterocycles. The van der Waals surface area contributed by atoms with Gasteiger partial charge in [0.1, 0.15) is 0 Å². The maximum atomic E-state index is 13.3. The van der Waals surface area contributed by atoms with Crippen molar-refractivity contribution in [2.75, 3.05) is 25.1 Å². The van der Waals surface area contributed by atoms with Crippen molar-refractivity contribution in [3.8, 4) is 0 Å². The predicted octanol–water partition coefficient (Wildman–Crippen LogP) is 5.02. The Labute approximate surface area is 189 Å². The zero-order valence-corrected chi connectivity index (χ0v) is 18.2. The third-order valence-corrected chi connectivity index (χ3v) is 4.82. The molecule has 0 aliphatic heterocycles. The molecule has 0 fully saturated rings. The lowest BCUT2D eigenvalue weighted by atomic mass is 10.0. The highest BCUT2D eigenvalue weighted by molar-refractivity contribution is 6.29. The summed E-state index contributed by atoms with van der Waals surface area (Å²) in [5.74, 6) is -0.512. The van der Waals surface area contributed by atoms with E-state index >= 15 is 0 Å². The number of para-hydroxylation sites is 1. The Balaban J connectivity index is 1.80. The van der Waals surface area contributed by atoms with Crippen LogP contribution in [0.3, 0.4) is 0 Å². The Bertz CT molecular complexity index is 1050. The third-order valence-electron chi connectivity index (χ3n) is 4.82. The molecule has 2 amide bonds. The van der Waals surface area contributed by atoms with Crippen molar-refractivity contribution in [2.24, 2.45) is 0 Å². The highest BCUT2D eigenvalue weighted by atomic mass is 16.5. The number of hydrogen-bond acceptors (Lipinski definition) is 3. The molecule has 5 nitrogen and oxygen atoms in total. The molecule has 0 aliphatic carbocycles. The van der Waals surface area contributed by atoms with Crippen LogP contribution in [0.25, 0.3) is 11.6 Å². The van der Waals surface area contributed by atoms with Gasteiger partial charge in [0.05, 0.1) is 11.3 Å². The van der Waals surface area contributed by atoms with Gasteiger partial charge in [0.15, 0.2) is 0 Å². The van der Waals surface area contributed by atoms with Crippen molar-refractivity contribution in [1.82, 2.24) is 5.32 Å². The van der Waals surface area contributed by atoms with Crippen molar-refractivity contribution in [3.63, 3.8) is 0 Å². The van der Waals surface area contributed by atoms with Gasteiger partial charge in [-0.3, -0.25) is 9.59 Å². The number of ether oxygens (including phenoxy) is 1. The average Bonchev–Trinajstić information content (AvgIpc) is 2.84. The molecule has 3 aromatic carbocycles. The summed E-state index contributed by atoms with van der Waals surface area (Å²) in [6.07, 6.45) is 2.58. The second-order valence-electron chi connectivity index (χ2n) is 7.14. The van der Waals surface area contributed by atoms with Gasteiger partial charge in [0.2, 0.25) is 0 Å². The monoisotopic (exact) mass is 428 g/mol. The first-order chi connectivity index (χ1) is 15.7. The van der Waals surface area contributed by atoms with Gasteiger partial charge in [-0.25, -0.2) is 0 Å². The zero-order valence-electron chi connectivity index (χ0n) is 18.2. The third kappa shape index (κ3) is 6.65. The van der Waals surface area contributed by atoms with E-state index in [-0.39, 0.29) is 11.8 Å². The lowest BCUT2D eigenvalue weighted by Crippen LogP contribution is -2.27. The summed E-state index contributed by atoms with van der Waals surface area (Å²) in [5, 5.41) is 5.82. The van der Waals surface area contributed by atoms with Gasteiger partial charge in [-0.2, -0.15) is 0 Å². The molecule has 3 rings (SSSR count). The Morgan fingerprint density at radius 2 is 1.53 bits per heavy atom. The first-order valence-electron chi connectivity index (χ1n) is 10.8. The molecule has 2 N–H and O–H groups in total. The molecule has 32 heavy (non-hydrogen) atoms. The van der Waals surface area contributed by atoms with Crippen molar-refractivity contribution in [1.29, 1.82) is 0 Å². The average molecular weight is 429 g/mol. The molecule has 0 aromatic heterocycles. The minimum atomic E-state index is -0.281. The molecule has 0 spiro atoms. The van der Waals surface area contributed by atoms with E-state index in [0.29, 0.717) is 36.6 Å². The van der Waals surface area contributed by atoms with Crippen LogP contribution in [0, 0.1) is 0 Å². The Morgan fingerprint density at radius 3 is 2.25 bits per heavy atom. The van der Waals surface area contributed by atoms with Crippen LogP contribution in [-0.4, -0.2) is 31.6 Å². The fourth-order valence-electron chi connectivity index (χ4n) is 3.21. The molecule has 5 heteroatoms. The van der Waals surface area contributed by atoms with Crippen LogP contribution in [0.2, 0.25) is 0 Å². The molecule has 3 aromatic rings. The topological polar surface area (TPSA) is 67.4 Å². The van der Waals surface area contributed by atoms with Gasteiger partial charge in [0.25, 0.3) is 11.8 Å². The smallest absolute Gasteiger partial charge is 0.256 e. The molecule has 0 unspecified atom stereocenters. The molecule has 0 radical (unpaired) electrons. The van der Waals surface area contributed by atoms with E-state index in [4.69, 9.17) is 4.74 Å². The van der Waals surface area contributed by atoms with Crippen molar-refractivity contribution < 1.29 is 14.3 Å². The normalized spacial score (nSPS) is 11.1. The standard InChI is InChI=1S/C27H28N2O3/c1-2-32-19-11-18-28-26(30)23-16-9-10-17-25(23)29-27(31)24(22-14-7-4-8-15-22)20-21-12-5-3-6-13-21/h3-10,12-17,20H,2,11,18-19H2,1H3,(H,28,30)(H,29,31)/b24-20+. The highest BCUT2D eigenvalue weighted by Gasteiger charge is 2.16. The van der Waals surface area contributed by atoms with E-state index < -0.39 is 0 Å². The second-order valence-corrected chi connectivity index (χ2v) is 7.14. The predicted molar refractivity (Wildman–Crippen MR) is 129 cm³/mol. The van der Waals surface area contributed by atoms with Crippen molar-refractivity contribution in [3.05, 3.63) is 102 Å². The van der Waals surface area contributed by atoms with Crippen LogP contribution >= 0.6 is 0 Å².